The average molecular weight is 361 g/mol. The Hall–Kier alpha value is -1.35. The number of aryl methyl sites for hydroxylation is 1. The van der Waals surface area contributed by atoms with Gasteiger partial charge in [-0.25, -0.2) is 0 Å². The van der Waals surface area contributed by atoms with Crippen molar-refractivity contribution >= 4 is 38.3 Å². The molecule has 3 rings (SSSR count). The molecule has 0 aromatic heterocycles. The van der Waals surface area contributed by atoms with Crippen molar-refractivity contribution < 1.29 is 0 Å². The summed E-state index contributed by atoms with van der Waals surface area (Å²) in [6.07, 6.45) is 0. The van der Waals surface area contributed by atoms with Gasteiger partial charge < -0.3 is 5.73 Å². The van der Waals surface area contributed by atoms with E-state index in [9.17, 15) is 0 Å². The third kappa shape index (κ3) is 2.71. The smallest absolute Gasteiger partial charge is 0.0572 e. The molecule has 1 nitrogen and oxygen atoms in total. The minimum absolute atomic E-state index is 0.250. The number of hydrogen-bond donors (Lipinski definition) is 1. The van der Waals surface area contributed by atoms with Crippen molar-refractivity contribution in [3.05, 3.63) is 80.8 Å². The zero-order valence-electron chi connectivity index (χ0n) is 11.6. The molecule has 2 N–H and O–H groups in total. The fraction of sp³-hybridized carbons (Fsp3) is 0.111. The Morgan fingerprint density at radius 1 is 0.952 bits per heavy atom. The Labute approximate surface area is 137 Å². The van der Waals surface area contributed by atoms with Crippen LogP contribution in [0.4, 0.5) is 0 Å². The van der Waals surface area contributed by atoms with Gasteiger partial charge in [-0.05, 0) is 52.6 Å². The zero-order valence-corrected chi connectivity index (χ0v) is 13.9. The summed E-state index contributed by atoms with van der Waals surface area (Å²) in [5.74, 6) is 0. The molecule has 0 amide bonds. The second kappa shape index (κ2) is 5.80. The maximum atomic E-state index is 6.50. The molecule has 106 valence electrons. The average Bonchev–Trinajstić information content (AvgIpc) is 2.50. The van der Waals surface area contributed by atoms with Crippen molar-refractivity contribution in [2.75, 3.05) is 0 Å². The van der Waals surface area contributed by atoms with Gasteiger partial charge in [0.15, 0.2) is 0 Å². The van der Waals surface area contributed by atoms with Crippen LogP contribution in [-0.4, -0.2) is 0 Å². The highest BCUT2D eigenvalue weighted by molar-refractivity contribution is 9.10. The van der Waals surface area contributed by atoms with Gasteiger partial charge in [0.1, 0.15) is 0 Å². The number of halogens is 2. The van der Waals surface area contributed by atoms with Gasteiger partial charge in [-0.1, -0.05) is 63.9 Å². The van der Waals surface area contributed by atoms with Crippen LogP contribution in [0, 0.1) is 6.92 Å². The summed E-state index contributed by atoms with van der Waals surface area (Å²) in [5, 5.41) is 3.10. The molecular formula is C18H15BrClN. The summed E-state index contributed by atoms with van der Waals surface area (Å²) in [7, 11) is 0. The van der Waals surface area contributed by atoms with Gasteiger partial charge in [0.25, 0.3) is 0 Å². The van der Waals surface area contributed by atoms with Crippen molar-refractivity contribution in [3.63, 3.8) is 0 Å². The lowest BCUT2D eigenvalue weighted by atomic mass is 9.92. The van der Waals surface area contributed by atoms with Crippen LogP contribution in [0.25, 0.3) is 10.8 Å². The standard InChI is InChI=1S/C18H15BrClN/c1-11-6-8-15(14-5-3-2-4-13(11)14)18(21)16-10-12(19)7-9-17(16)20/h2-10,18H,21H2,1H3. The molecule has 3 aromatic rings. The third-order valence-corrected chi connectivity index (χ3v) is 4.64. The Kier molecular flexibility index (Phi) is 4.03. The molecule has 1 atom stereocenters. The van der Waals surface area contributed by atoms with E-state index in [4.69, 9.17) is 17.3 Å². The topological polar surface area (TPSA) is 26.0 Å². The lowest BCUT2D eigenvalue weighted by molar-refractivity contribution is 0.879. The second-order valence-electron chi connectivity index (χ2n) is 5.16. The number of hydrogen-bond acceptors (Lipinski definition) is 1. The summed E-state index contributed by atoms with van der Waals surface area (Å²) in [4.78, 5) is 0. The van der Waals surface area contributed by atoms with Gasteiger partial charge in [0.05, 0.1) is 6.04 Å². The molecule has 0 bridgehead atoms. The second-order valence-corrected chi connectivity index (χ2v) is 6.48. The van der Waals surface area contributed by atoms with Crippen molar-refractivity contribution in [3.8, 4) is 0 Å². The van der Waals surface area contributed by atoms with Crippen LogP contribution in [0.3, 0.4) is 0 Å². The molecule has 0 saturated heterocycles. The van der Waals surface area contributed by atoms with Gasteiger partial charge in [-0.2, -0.15) is 0 Å². The van der Waals surface area contributed by atoms with E-state index in [0.717, 1.165) is 15.6 Å². The Bertz CT molecular complexity index is 813. The number of benzene rings is 3. The highest BCUT2D eigenvalue weighted by atomic mass is 79.9. The highest BCUT2D eigenvalue weighted by Gasteiger charge is 2.16. The number of nitrogens with two attached hydrogens (primary N) is 1. The molecule has 0 aliphatic heterocycles. The summed E-state index contributed by atoms with van der Waals surface area (Å²) in [5.41, 5.74) is 9.77. The molecule has 3 heteroatoms. The van der Waals surface area contributed by atoms with E-state index in [1.54, 1.807) is 0 Å². The Balaban J connectivity index is 2.20. The van der Waals surface area contributed by atoms with Gasteiger partial charge >= 0.3 is 0 Å². The molecule has 3 aromatic carbocycles. The van der Waals surface area contributed by atoms with E-state index in [0.29, 0.717) is 5.02 Å². The fourth-order valence-corrected chi connectivity index (χ4v) is 3.28. The quantitative estimate of drug-likeness (QED) is 0.631. The molecule has 0 aliphatic rings. The van der Waals surface area contributed by atoms with Gasteiger partial charge in [-0.15, -0.1) is 0 Å². The molecule has 0 aliphatic carbocycles. The first-order valence-electron chi connectivity index (χ1n) is 6.76. The first-order chi connectivity index (χ1) is 10.1. The maximum absolute atomic E-state index is 6.50. The first-order valence-corrected chi connectivity index (χ1v) is 7.94. The Morgan fingerprint density at radius 2 is 1.67 bits per heavy atom. The third-order valence-electron chi connectivity index (χ3n) is 3.80. The van der Waals surface area contributed by atoms with Crippen LogP contribution in [0.2, 0.25) is 5.02 Å². The predicted octanol–water partition coefficient (Wildman–Crippen LogP) is 5.61. The highest BCUT2D eigenvalue weighted by Crippen LogP contribution is 2.33. The van der Waals surface area contributed by atoms with Crippen molar-refractivity contribution in [2.24, 2.45) is 5.73 Å². The first kappa shape index (κ1) is 14.6. The van der Waals surface area contributed by atoms with Crippen LogP contribution >= 0.6 is 27.5 Å². The van der Waals surface area contributed by atoms with Crippen molar-refractivity contribution in [1.82, 2.24) is 0 Å². The van der Waals surface area contributed by atoms with Gasteiger partial charge in [0.2, 0.25) is 0 Å². The molecule has 0 saturated carbocycles. The molecule has 1 unspecified atom stereocenters. The number of fused-ring (bicyclic) bond motifs is 1. The van der Waals surface area contributed by atoms with Crippen LogP contribution < -0.4 is 5.73 Å². The van der Waals surface area contributed by atoms with E-state index < -0.39 is 0 Å². The van der Waals surface area contributed by atoms with Gasteiger partial charge in [-0.3, -0.25) is 0 Å². The van der Waals surface area contributed by atoms with Crippen LogP contribution in [0.5, 0.6) is 0 Å². The molecule has 21 heavy (non-hydrogen) atoms. The van der Waals surface area contributed by atoms with Crippen LogP contribution in [0.15, 0.2) is 59.1 Å². The Morgan fingerprint density at radius 3 is 2.43 bits per heavy atom. The molecule has 0 heterocycles. The van der Waals surface area contributed by atoms with Gasteiger partial charge in [0, 0.05) is 9.50 Å². The summed E-state index contributed by atoms with van der Waals surface area (Å²) in [6, 6.07) is 18.1. The minimum Gasteiger partial charge on any atom is -0.320 e. The summed E-state index contributed by atoms with van der Waals surface area (Å²) < 4.78 is 0.980. The summed E-state index contributed by atoms with van der Waals surface area (Å²) in [6.45, 7) is 2.11. The van der Waals surface area contributed by atoms with E-state index >= 15 is 0 Å². The van der Waals surface area contributed by atoms with Crippen molar-refractivity contribution in [1.29, 1.82) is 0 Å². The SMILES string of the molecule is Cc1ccc(C(N)c2cc(Br)ccc2Cl)c2ccccc12. The van der Waals surface area contributed by atoms with Crippen LogP contribution in [-0.2, 0) is 0 Å². The van der Waals surface area contributed by atoms with E-state index in [1.165, 1.54) is 16.3 Å². The molecule has 0 radical (unpaired) electrons. The largest absolute Gasteiger partial charge is 0.320 e. The van der Waals surface area contributed by atoms with Crippen LogP contribution in [0.1, 0.15) is 22.7 Å². The maximum Gasteiger partial charge on any atom is 0.0572 e. The number of rotatable bonds is 2. The molecule has 0 fully saturated rings. The summed E-state index contributed by atoms with van der Waals surface area (Å²) >= 11 is 9.81. The minimum atomic E-state index is -0.250. The van der Waals surface area contributed by atoms with E-state index in [-0.39, 0.29) is 6.04 Å². The van der Waals surface area contributed by atoms with Crippen molar-refractivity contribution in [2.45, 2.75) is 13.0 Å². The fourth-order valence-electron chi connectivity index (χ4n) is 2.66. The monoisotopic (exact) mass is 359 g/mol. The molecule has 0 spiro atoms. The zero-order chi connectivity index (χ0) is 15.0. The lowest BCUT2D eigenvalue weighted by Crippen LogP contribution is -2.13. The van der Waals surface area contributed by atoms with E-state index in [2.05, 4.69) is 53.2 Å². The molecular weight excluding hydrogens is 346 g/mol. The lowest BCUT2D eigenvalue weighted by Gasteiger charge is -2.18. The normalized spacial score (nSPS) is 12.6. The van der Waals surface area contributed by atoms with E-state index in [1.807, 2.05) is 24.3 Å². The predicted molar refractivity (Wildman–Crippen MR) is 93.9 cm³/mol.